The van der Waals surface area contributed by atoms with Crippen molar-refractivity contribution in [2.24, 2.45) is 5.92 Å². The fraction of sp³-hybridized carbons (Fsp3) is 0.500. The van der Waals surface area contributed by atoms with Gasteiger partial charge in [0.2, 0.25) is 12.7 Å². The van der Waals surface area contributed by atoms with E-state index >= 15 is 0 Å². The molecular formula is C14H17N3O3. The average molecular weight is 275 g/mol. The minimum Gasteiger partial charge on any atom is -0.454 e. The van der Waals surface area contributed by atoms with Crippen molar-refractivity contribution in [1.29, 1.82) is 0 Å². The molecule has 4 rings (SSSR count). The van der Waals surface area contributed by atoms with Gasteiger partial charge in [-0.25, -0.2) is 5.43 Å². The molecule has 0 radical (unpaired) electrons. The fourth-order valence-corrected chi connectivity index (χ4v) is 3.47. The van der Waals surface area contributed by atoms with E-state index in [-0.39, 0.29) is 24.8 Å². The van der Waals surface area contributed by atoms with E-state index in [1.807, 2.05) is 18.2 Å². The molecular weight excluding hydrogens is 258 g/mol. The van der Waals surface area contributed by atoms with Gasteiger partial charge in [-0.15, -0.1) is 0 Å². The third-order valence-corrected chi connectivity index (χ3v) is 4.44. The zero-order chi connectivity index (χ0) is 13.7. The highest BCUT2D eigenvalue weighted by molar-refractivity contribution is 5.78. The highest BCUT2D eigenvalue weighted by Gasteiger charge is 2.44. The summed E-state index contributed by atoms with van der Waals surface area (Å²) in [7, 11) is 0. The lowest BCUT2D eigenvalue weighted by atomic mass is 9.76. The van der Waals surface area contributed by atoms with Crippen LogP contribution in [0, 0.1) is 5.92 Å². The Balaban J connectivity index is 1.70. The molecule has 2 fully saturated rings. The third-order valence-electron chi connectivity index (χ3n) is 4.44. The number of piperidine rings is 1. The van der Waals surface area contributed by atoms with Crippen LogP contribution in [-0.2, 0) is 4.79 Å². The Morgan fingerprint density at radius 3 is 2.95 bits per heavy atom. The molecule has 0 saturated carbocycles. The normalized spacial score (nSPS) is 34.8. The summed E-state index contributed by atoms with van der Waals surface area (Å²) in [5, 5.41) is 2.99. The third kappa shape index (κ3) is 1.76. The van der Waals surface area contributed by atoms with Crippen LogP contribution in [0.4, 0.5) is 0 Å². The Bertz CT molecular complexity index is 563. The van der Waals surface area contributed by atoms with Crippen LogP contribution in [0.1, 0.15) is 24.8 Å². The Labute approximate surface area is 116 Å². The topological polar surface area (TPSA) is 71.6 Å². The number of benzene rings is 1. The number of carbonyl (C=O) groups excluding carboxylic acids is 1. The molecule has 3 heterocycles. The molecule has 3 aliphatic rings. The van der Waals surface area contributed by atoms with Crippen molar-refractivity contribution in [3.63, 3.8) is 0 Å². The first kappa shape index (κ1) is 12.0. The van der Waals surface area contributed by atoms with E-state index in [0.29, 0.717) is 18.4 Å². The second kappa shape index (κ2) is 4.36. The maximum atomic E-state index is 11.9. The first-order valence-corrected chi connectivity index (χ1v) is 6.92. The fourth-order valence-electron chi connectivity index (χ4n) is 3.47. The summed E-state index contributed by atoms with van der Waals surface area (Å²) in [5.41, 5.74) is 7.50. The van der Waals surface area contributed by atoms with Crippen LogP contribution in [0.2, 0.25) is 0 Å². The average Bonchev–Trinajstić information content (AvgIpc) is 3.04. The number of nitrogens with one attached hydrogen (secondary N) is 3. The predicted octanol–water partition coefficient (Wildman–Crippen LogP) is 0.457. The number of carbonyl (C=O) groups is 1. The van der Waals surface area contributed by atoms with Crippen molar-refractivity contribution >= 4 is 5.91 Å². The van der Waals surface area contributed by atoms with E-state index in [9.17, 15) is 4.79 Å². The molecule has 1 aromatic carbocycles. The van der Waals surface area contributed by atoms with E-state index in [1.165, 1.54) is 0 Å². The smallest absolute Gasteiger partial charge is 0.231 e. The zero-order valence-electron chi connectivity index (χ0n) is 11.2. The van der Waals surface area contributed by atoms with Gasteiger partial charge in [-0.1, -0.05) is 6.07 Å². The van der Waals surface area contributed by atoms with Crippen molar-refractivity contribution in [2.45, 2.75) is 31.5 Å². The summed E-state index contributed by atoms with van der Waals surface area (Å²) in [6.45, 7) is 2.41. The molecule has 3 N–H and O–H groups in total. The lowest BCUT2D eigenvalue weighted by Gasteiger charge is -2.35. The number of rotatable bonds is 1. The SMILES string of the molecule is CC1NNC2NC(=O)CC(c3ccc4c(c3)OCO4)C12. The zero-order valence-corrected chi connectivity index (χ0v) is 11.2. The minimum atomic E-state index is -0.0123. The van der Waals surface area contributed by atoms with Gasteiger partial charge in [0, 0.05) is 24.3 Å². The number of hydrazine groups is 1. The maximum Gasteiger partial charge on any atom is 0.231 e. The second-order valence-electron chi connectivity index (χ2n) is 5.62. The summed E-state index contributed by atoms with van der Waals surface area (Å²) >= 11 is 0. The van der Waals surface area contributed by atoms with Gasteiger partial charge >= 0.3 is 0 Å². The van der Waals surface area contributed by atoms with Gasteiger partial charge in [0.15, 0.2) is 11.5 Å². The van der Waals surface area contributed by atoms with Crippen LogP contribution in [0.15, 0.2) is 18.2 Å². The lowest BCUT2D eigenvalue weighted by Crippen LogP contribution is -2.52. The van der Waals surface area contributed by atoms with Crippen LogP contribution >= 0.6 is 0 Å². The van der Waals surface area contributed by atoms with Gasteiger partial charge in [-0.2, -0.15) is 0 Å². The Morgan fingerprint density at radius 1 is 1.20 bits per heavy atom. The van der Waals surface area contributed by atoms with E-state index in [0.717, 1.165) is 17.1 Å². The van der Waals surface area contributed by atoms with Crippen molar-refractivity contribution in [1.82, 2.24) is 16.2 Å². The summed E-state index contributed by atoms with van der Waals surface area (Å²) in [4.78, 5) is 11.9. The molecule has 4 unspecified atom stereocenters. The van der Waals surface area contributed by atoms with E-state index in [4.69, 9.17) is 9.47 Å². The Hall–Kier alpha value is -1.79. The van der Waals surface area contributed by atoms with Gasteiger partial charge < -0.3 is 14.8 Å². The van der Waals surface area contributed by atoms with Crippen molar-refractivity contribution < 1.29 is 14.3 Å². The summed E-state index contributed by atoms with van der Waals surface area (Å²) in [6, 6.07) is 6.28. The Morgan fingerprint density at radius 2 is 2.05 bits per heavy atom. The van der Waals surface area contributed by atoms with Crippen molar-refractivity contribution in [2.75, 3.05) is 6.79 Å². The van der Waals surface area contributed by atoms with E-state index < -0.39 is 0 Å². The van der Waals surface area contributed by atoms with Crippen molar-refractivity contribution in [3.8, 4) is 11.5 Å². The second-order valence-corrected chi connectivity index (χ2v) is 5.62. The quantitative estimate of drug-likeness (QED) is 0.694. The molecule has 20 heavy (non-hydrogen) atoms. The van der Waals surface area contributed by atoms with Gasteiger partial charge in [0.05, 0.1) is 6.17 Å². The highest BCUT2D eigenvalue weighted by atomic mass is 16.7. The molecule has 4 atom stereocenters. The molecule has 1 amide bonds. The predicted molar refractivity (Wildman–Crippen MR) is 71.1 cm³/mol. The van der Waals surface area contributed by atoms with Crippen molar-refractivity contribution in [3.05, 3.63) is 23.8 Å². The molecule has 1 aromatic rings. The van der Waals surface area contributed by atoms with Crippen LogP contribution < -0.4 is 25.6 Å². The van der Waals surface area contributed by atoms with Gasteiger partial charge in [0.25, 0.3) is 0 Å². The Kier molecular flexibility index (Phi) is 2.61. The molecule has 2 saturated heterocycles. The summed E-state index contributed by atoms with van der Waals surface area (Å²) < 4.78 is 10.8. The highest BCUT2D eigenvalue weighted by Crippen LogP contribution is 2.41. The molecule has 6 nitrogen and oxygen atoms in total. The molecule has 106 valence electrons. The lowest BCUT2D eigenvalue weighted by molar-refractivity contribution is -0.125. The number of fused-ring (bicyclic) bond motifs is 2. The first-order chi connectivity index (χ1) is 9.72. The molecule has 0 spiro atoms. The monoisotopic (exact) mass is 275 g/mol. The van der Waals surface area contributed by atoms with E-state index in [1.54, 1.807) is 0 Å². The summed E-state index contributed by atoms with van der Waals surface area (Å²) in [5.74, 6) is 2.14. The maximum absolute atomic E-state index is 11.9. The van der Waals surface area contributed by atoms with Crippen LogP contribution in [0.25, 0.3) is 0 Å². The molecule has 0 aromatic heterocycles. The molecule has 3 aliphatic heterocycles. The first-order valence-electron chi connectivity index (χ1n) is 6.92. The number of hydrogen-bond donors (Lipinski definition) is 3. The van der Waals surface area contributed by atoms with Gasteiger partial charge in [-0.3, -0.25) is 10.2 Å². The molecule has 0 bridgehead atoms. The van der Waals surface area contributed by atoms with Gasteiger partial charge in [-0.05, 0) is 24.6 Å². The van der Waals surface area contributed by atoms with Gasteiger partial charge in [0.1, 0.15) is 0 Å². The molecule has 6 heteroatoms. The number of amides is 1. The minimum absolute atomic E-state index is 0.0123. The van der Waals surface area contributed by atoms with Crippen LogP contribution in [0.3, 0.4) is 0 Å². The number of hydrogen-bond acceptors (Lipinski definition) is 5. The standard InChI is InChI=1S/C14H17N3O3/c1-7-13-9(5-12(18)15-14(13)17-16-7)8-2-3-10-11(4-8)20-6-19-10/h2-4,7,9,13-14,16-17H,5-6H2,1H3,(H,15,18). The van der Waals surface area contributed by atoms with Crippen LogP contribution in [0.5, 0.6) is 11.5 Å². The van der Waals surface area contributed by atoms with Crippen LogP contribution in [-0.4, -0.2) is 24.9 Å². The largest absolute Gasteiger partial charge is 0.454 e. The molecule has 0 aliphatic carbocycles. The number of ether oxygens (including phenoxy) is 2. The summed E-state index contributed by atoms with van der Waals surface area (Å²) in [6.07, 6.45) is 0.496. The van der Waals surface area contributed by atoms with E-state index in [2.05, 4.69) is 23.1 Å².